The number of hydrogen-bond acceptors (Lipinski definition) is 7. The molecule has 3 aromatic rings. The first kappa shape index (κ1) is 23.8. The molecule has 1 heterocycles. The Morgan fingerprint density at radius 3 is 2.74 bits per heavy atom. The number of carbonyl (C=O) groups excluding carboxylic acids is 2. The Morgan fingerprint density at radius 2 is 1.94 bits per heavy atom. The molecule has 0 saturated carbocycles. The number of methoxy groups -OCH3 is 1. The summed E-state index contributed by atoms with van der Waals surface area (Å²) in [4.78, 5) is 29.4. The van der Waals surface area contributed by atoms with Gasteiger partial charge in [0.05, 0.1) is 24.3 Å². The van der Waals surface area contributed by atoms with Crippen LogP contribution in [0.3, 0.4) is 0 Å². The van der Waals surface area contributed by atoms with Crippen LogP contribution in [0, 0.1) is 0 Å². The van der Waals surface area contributed by atoms with E-state index >= 15 is 0 Å². The number of carbonyl (C=O) groups is 2. The van der Waals surface area contributed by atoms with Crippen molar-refractivity contribution in [1.82, 2.24) is 5.32 Å². The van der Waals surface area contributed by atoms with E-state index in [2.05, 4.69) is 26.2 Å². The number of rotatable bonds is 7. The molecule has 0 bridgehead atoms. The number of benzene rings is 3. The van der Waals surface area contributed by atoms with Gasteiger partial charge < -0.3 is 19.5 Å². The van der Waals surface area contributed by atoms with Gasteiger partial charge in [0.2, 0.25) is 0 Å². The van der Waals surface area contributed by atoms with Gasteiger partial charge in [0, 0.05) is 9.86 Å². The minimum absolute atomic E-state index is 0.233. The van der Waals surface area contributed by atoms with E-state index in [4.69, 9.17) is 14.2 Å². The standard InChI is InChI=1S/C25H21BrN2O5S/c1-3-32-23(29)14-33-21-13-18(26)16(11-20(21)31-2)12-22-24(30)28-25(34-22)27-19-10-6-8-15-7-4-5-9-17(15)19/h4-13H,3,14H2,1-2H3,(H,27,28,30)/b22-12+. The quantitative estimate of drug-likeness (QED) is 0.317. The number of halogens is 1. The predicted octanol–water partition coefficient (Wildman–Crippen LogP) is 5.44. The number of amidine groups is 1. The number of nitrogens with zero attached hydrogens (tertiary/aromatic N) is 1. The zero-order chi connectivity index (χ0) is 24.1. The highest BCUT2D eigenvalue weighted by molar-refractivity contribution is 9.10. The molecular weight excluding hydrogens is 520 g/mol. The van der Waals surface area contributed by atoms with Crippen molar-refractivity contribution in [3.8, 4) is 11.5 Å². The molecule has 0 radical (unpaired) electrons. The van der Waals surface area contributed by atoms with Crippen LogP contribution in [0.1, 0.15) is 12.5 Å². The fraction of sp³-hybridized carbons (Fsp3) is 0.160. The minimum Gasteiger partial charge on any atom is -0.493 e. The van der Waals surface area contributed by atoms with Gasteiger partial charge >= 0.3 is 5.97 Å². The van der Waals surface area contributed by atoms with Gasteiger partial charge in [0.25, 0.3) is 5.91 Å². The summed E-state index contributed by atoms with van der Waals surface area (Å²) >= 11 is 4.76. The third-order valence-electron chi connectivity index (χ3n) is 4.86. The second-order valence-corrected chi connectivity index (χ2v) is 8.98. The Kier molecular flexibility index (Phi) is 7.54. The van der Waals surface area contributed by atoms with E-state index in [1.165, 1.54) is 18.9 Å². The van der Waals surface area contributed by atoms with Crippen molar-refractivity contribution in [3.05, 3.63) is 69.5 Å². The molecule has 0 aliphatic carbocycles. The highest BCUT2D eigenvalue weighted by atomic mass is 79.9. The molecule has 174 valence electrons. The van der Waals surface area contributed by atoms with Gasteiger partial charge in [-0.3, -0.25) is 4.79 Å². The first-order valence-corrected chi connectivity index (χ1v) is 12.0. The summed E-state index contributed by atoms with van der Waals surface area (Å²) in [7, 11) is 1.50. The first-order valence-electron chi connectivity index (χ1n) is 10.4. The van der Waals surface area contributed by atoms with Crippen LogP contribution in [-0.2, 0) is 14.3 Å². The van der Waals surface area contributed by atoms with Crippen LogP contribution < -0.4 is 14.8 Å². The molecule has 3 aromatic carbocycles. The molecule has 0 unspecified atom stereocenters. The fourth-order valence-electron chi connectivity index (χ4n) is 3.31. The van der Waals surface area contributed by atoms with Crippen LogP contribution in [0.2, 0.25) is 0 Å². The molecule has 4 rings (SSSR count). The van der Waals surface area contributed by atoms with Crippen LogP contribution in [-0.4, -0.2) is 37.4 Å². The molecule has 7 nitrogen and oxygen atoms in total. The summed E-state index contributed by atoms with van der Waals surface area (Å²) in [6.07, 6.45) is 1.74. The summed E-state index contributed by atoms with van der Waals surface area (Å²) in [6.45, 7) is 1.77. The molecule has 1 N–H and O–H groups in total. The topological polar surface area (TPSA) is 86.2 Å². The number of nitrogens with one attached hydrogen (secondary N) is 1. The highest BCUT2D eigenvalue weighted by Gasteiger charge is 2.25. The number of fused-ring (bicyclic) bond motifs is 1. The maximum atomic E-state index is 12.6. The van der Waals surface area contributed by atoms with E-state index in [1.807, 2.05) is 42.5 Å². The van der Waals surface area contributed by atoms with E-state index in [0.717, 1.165) is 16.5 Å². The minimum atomic E-state index is -0.469. The van der Waals surface area contributed by atoms with Crippen molar-refractivity contribution in [2.75, 3.05) is 20.3 Å². The van der Waals surface area contributed by atoms with Gasteiger partial charge in [-0.15, -0.1) is 0 Å². The zero-order valence-corrected chi connectivity index (χ0v) is 20.9. The summed E-state index contributed by atoms with van der Waals surface area (Å²) in [5.74, 6) is 0.0973. The summed E-state index contributed by atoms with van der Waals surface area (Å²) < 4.78 is 16.5. The third-order valence-corrected chi connectivity index (χ3v) is 6.46. The Bertz CT molecular complexity index is 1320. The van der Waals surface area contributed by atoms with Crippen LogP contribution in [0.5, 0.6) is 11.5 Å². The van der Waals surface area contributed by atoms with Crippen molar-refractivity contribution in [1.29, 1.82) is 0 Å². The Morgan fingerprint density at radius 1 is 1.15 bits per heavy atom. The molecule has 1 amide bonds. The lowest BCUT2D eigenvalue weighted by Gasteiger charge is -2.12. The predicted molar refractivity (Wildman–Crippen MR) is 138 cm³/mol. The zero-order valence-electron chi connectivity index (χ0n) is 18.5. The van der Waals surface area contributed by atoms with Gasteiger partial charge in [0.15, 0.2) is 23.3 Å². The number of aliphatic imine (C=N–C) groups is 1. The molecule has 0 atom stereocenters. The Hall–Kier alpha value is -3.30. The largest absolute Gasteiger partial charge is 0.493 e. The lowest BCUT2D eigenvalue weighted by molar-refractivity contribution is -0.145. The third kappa shape index (κ3) is 5.43. The molecule has 1 saturated heterocycles. The Labute approximate surface area is 209 Å². The second kappa shape index (κ2) is 10.8. The van der Waals surface area contributed by atoms with Gasteiger partial charge in [-0.1, -0.05) is 52.3 Å². The number of ether oxygens (including phenoxy) is 3. The van der Waals surface area contributed by atoms with Crippen molar-refractivity contribution >= 4 is 67.3 Å². The maximum absolute atomic E-state index is 12.6. The van der Waals surface area contributed by atoms with Crippen LogP contribution in [0.15, 0.2) is 69.0 Å². The van der Waals surface area contributed by atoms with Gasteiger partial charge in [-0.05, 0) is 53.9 Å². The van der Waals surface area contributed by atoms with Crippen LogP contribution >= 0.6 is 27.7 Å². The summed E-state index contributed by atoms with van der Waals surface area (Å²) in [5, 5.41) is 5.42. The van der Waals surface area contributed by atoms with E-state index < -0.39 is 5.97 Å². The van der Waals surface area contributed by atoms with Crippen LogP contribution in [0.25, 0.3) is 16.8 Å². The van der Waals surface area contributed by atoms with E-state index in [1.54, 1.807) is 25.1 Å². The monoisotopic (exact) mass is 540 g/mol. The van der Waals surface area contributed by atoms with E-state index in [9.17, 15) is 9.59 Å². The average molecular weight is 541 g/mol. The number of thioether (sulfide) groups is 1. The molecule has 34 heavy (non-hydrogen) atoms. The molecule has 0 spiro atoms. The van der Waals surface area contributed by atoms with E-state index in [-0.39, 0.29) is 19.1 Å². The van der Waals surface area contributed by atoms with Crippen molar-refractivity contribution < 1.29 is 23.8 Å². The second-order valence-electron chi connectivity index (χ2n) is 7.10. The lowest BCUT2D eigenvalue weighted by atomic mass is 10.1. The molecule has 0 aromatic heterocycles. The maximum Gasteiger partial charge on any atom is 0.344 e. The average Bonchev–Trinajstić information content (AvgIpc) is 3.18. The van der Waals surface area contributed by atoms with Gasteiger partial charge in [-0.25, -0.2) is 9.79 Å². The first-order chi connectivity index (χ1) is 16.5. The van der Waals surface area contributed by atoms with Crippen molar-refractivity contribution in [3.63, 3.8) is 0 Å². The van der Waals surface area contributed by atoms with Crippen molar-refractivity contribution in [2.24, 2.45) is 4.99 Å². The smallest absolute Gasteiger partial charge is 0.344 e. The number of esters is 1. The molecule has 9 heteroatoms. The molecule has 1 aliphatic rings. The van der Waals surface area contributed by atoms with E-state index in [0.29, 0.717) is 31.6 Å². The fourth-order valence-corrected chi connectivity index (χ4v) is 4.57. The SMILES string of the molecule is CCOC(=O)COc1cc(Br)c(/C=C2/SC(=Nc3cccc4ccccc34)NC2=O)cc1OC. The number of hydrogen-bond donors (Lipinski definition) is 1. The molecular formula is C25H21BrN2O5S. The van der Waals surface area contributed by atoms with Crippen LogP contribution in [0.4, 0.5) is 5.69 Å². The summed E-state index contributed by atoms with van der Waals surface area (Å²) in [6, 6.07) is 17.3. The number of amides is 1. The van der Waals surface area contributed by atoms with Crippen molar-refractivity contribution in [2.45, 2.75) is 6.92 Å². The molecule has 1 fully saturated rings. The normalized spacial score (nSPS) is 15.6. The molecule has 1 aliphatic heterocycles. The van der Waals surface area contributed by atoms with Gasteiger partial charge in [0.1, 0.15) is 0 Å². The van der Waals surface area contributed by atoms with Gasteiger partial charge in [-0.2, -0.15) is 0 Å². The summed E-state index contributed by atoms with van der Waals surface area (Å²) in [5.41, 5.74) is 1.50. The Balaban J connectivity index is 1.57. The highest BCUT2D eigenvalue weighted by Crippen LogP contribution is 2.37. The lowest BCUT2D eigenvalue weighted by Crippen LogP contribution is -2.19.